The zero-order valence-corrected chi connectivity index (χ0v) is 15.3. The van der Waals surface area contributed by atoms with Crippen molar-refractivity contribution in [2.45, 2.75) is 25.6 Å². The number of halogens is 3. The summed E-state index contributed by atoms with van der Waals surface area (Å²) in [5.74, 6) is -0.236. The van der Waals surface area contributed by atoms with Crippen LogP contribution in [-0.2, 0) is 15.8 Å². The number of fused-ring (bicyclic) bond motifs is 1. The maximum Gasteiger partial charge on any atom is 0.417 e. The highest BCUT2D eigenvalue weighted by atomic mass is 19.4. The van der Waals surface area contributed by atoms with Crippen LogP contribution in [-0.4, -0.2) is 36.4 Å². The predicted molar refractivity (Wildman–Crippen MR) is 99.1 cm³/mol. The second-order valence-electron chi connectivity index (χ2n) is 6.64. The van der Waals surface area contributed by atoms with E-state index in [0.29, 0.717) is 11.4 Å². The number of aromatic nitrogens is 1. The molecule has 2 amide bonds. The Labute approximate surface area is 160 Å². The van der Waals surface area contributed by atoms with Crippen molar-refractivity contribution in [2.75, 3.05) is 28.7 Å². The third-order valence-electron chi connectivity index (χ3n) is 4.47. The molecule has 9 heteroatoms. The van der Waals surface area contributed by atoms with Crippen molar-refractivity contribution in [2.24, 2.45) is 0 Å². The van der Waals surface area contributed by atoms with Crippen LogP contribution in [0, 0.1) is 0 Å². The summed E-state index contributed by atoms with van der Waals surface area (Å²) in [4.78, 5) is 31.8. The first-order valence-corrected chi connectivity index (χ1v) is 8.62. The van der Waals surface area contributed by atoms with Gasteiger partial charge in [-0.1, -0.05) is 12.1 Å². The zero-order valence-electron chi connectivity index (χ0n) is 15.3. The first-order chi connectivity index (χ1) is 13.2. The van der Waals surface area contributed by atoms with Gasteiger partial charge in [0.1, 0.15) is 5.82 Å². The smallest absolute Gasteiger partial charge is 0.350 e. The van der Waals surface area contributed by atoms with Crippen molar-refractivity contribution in [3.8, 4) is 0 Å². The normalized spacial score (nSPS) is 16.8. The minimum absolute atomic E-state index is 0.106. The number of rotatable bonds is 3. The van der Waals surface area contributed by atoms with Gasteiger partial charge in [0.2, 0.25) is 11.8 Å². The molecule has 0 spiro atoms. The van der Waals surface area contributed by atoms with Crippen LogP contribution in [0.25, 0.3) is 0 Å². The number of carbonyl (C=O) groups is 2. The molecule has 3 rings (SSSR count). The first kappa shape index (κ1) is 19.7. The molecule has 0 bridgehead atoms. The lowest BCUT2D eigenvalue weighted by Gasteiger charge is -2.30. The maximum atomic E-state index is 13.0. The molecule has 0 fully saturated rings. The summed E-state index contributed by atoms with van der Waals surface area (Å²) in [6, 6.07) is 8.76. The molecule has 1 aromatic carbocycles. The average molecular weight is 392 g/mol. The summed E-state index contributed by atoms with van der Waals surface area (Å²) in [6.45, 7) is 1.67. The Bertz CT molecular complexity index is 883. The van der Waals surface area contributed by atoms with Crippen LogP contribution in [0.2, 0.25) is 0 Å². The van der Waals surface area contributed by atoms with E-state index in [0.717, 1.165) is 12.3 Å². The van der Waals surface area contributed by atoms with Crippen molar-refractivity contribution in [3.63, 3.8) is 0 Å². The number of anilines is 3. The third kappa shape index (κ3) is 4.08. The second kappa shape index (κ2) is 7.49. The van der Waals surface area contributed by atoms with Gasteiger partial charge in [0.05, 0.1) is 23.5 Å². The van der Waals surface area contributed by atoms with Crippen LogP contribution >= 0.6 is 0 Å². The third-order valence-corrected chi connectivity index (χ3v) is 4.47. The summed E-state index contributed by atoms with van der Waals surface area (Å²) >= 11 is 0. The van der Waals surface area contributed by atoms with Gasteiger partial charge in [-0.05, 0) is 31.2 Å². The van der Waals surface area contributed by atoms with E-state index in [1.165, 1.54) is 15.9 Å². The Morgan fingerprint density at radius 3 is 2.64 bits per heavy atom. The molecule has 2 heterocycles. The fraction of sp³-hybridized carbons (Fsp3) is 0.316. The molecule has 1 aliphatic rings. The first-order valence-electron chi connectivity index (χ1n) is 8.62. The number of pyridine rings is 1. The molecule has 2 aromatic rings. The minimum atomic E-state index is -4.47. The molecule has 1 aromatic heterocycles. The van der Waals surface area contributed by atoms with E-state index >= 15 is 0 Å². The van der Waals surface area contributed by atoms with Gasteiger partial charge in [-0.25, -0.2) is 4.98 Å². The lowest BCUT2D eigenvalue weighted by Crippen LogP contribution is -2.44. The largest absolute Gasteiger partial charge is 0.417 e. The van der Waals surface area contributed by atoms with Crippen molar-refractivity contribution < 1.29 is 22.8 Å². The van der Waals surface area contributed by atoms with E-state index in [-0.39, 0.29) is 36.6 Å². The van der Waals surface area contributed by atoms with Gasteiger partial charge < -0.3 is 15.1 Å². The minimum Gasteiger partial charge on any atom is -0.350 e. The van der Waals surface area contributed by atoms with Gasteiger partial charge in [-0.2, -0.15) is 13.2 Å². The fourth-order valence-corrected chi connectivity index (χ4v) is 3.11. The fourth-order valence-electron chi connectivity index (χ4n) is 3.11. The maximum absolute atomic E-state index is 13.0. The topological polar surface area (TPSA) is 65.5 Å². The van der Waals surface area contributed by atoms with E-state index in [2.05, 4.69) is 10.3 Å². The molecule has 0 radical (unpaired) electrons. The van der Waals surface area contributed by atoms with Crippen molar-refractivity contribution in [1.29, 1.82) is 0 Å². The van der Waals surface area contributed by atoms with Crippen LogP contribution < -0.4 is 15.1 Å². The molecule has 148 valence electrons. The molecule has 1 atom stereocenters. The Balaban J connectivity index is 1.81. The van der Waals surface area contributed by atoms with E-state index in [9.17, 15) is 22.8 Å². The monoisotopic (exact) mass is 392 g/mol. The van der Waals surface area contributed by atoms with Crippen molar-refractivity contribution in [3.05, 3.63) is 48.2 Å². The van der Waals surface area contributed by atoms with Crippen LogP contribution in [0.3, 0.4) is 0 Å². The number of hydrogen-bond donors (Lipinski definition) is 1. The summed E-state index contributed by atoms with van der Waals surface area (Å²) in [5.41, 5.74) is 0.274. The highest BCUT2D eigenvalue weighted by Gasteiger charge is 2.32. The van der Waals surface area contributed by atoms with Gasteiger partial charge in [-0.15, -0.1) is 0 Å². The van der Waals surface area contributed by atoms with Gasteiger partial charge in [-0.3, -0.25) is 9.59 Å². The summed E-state index contributed by atoms with van der Waals surface area (Å²) in [5, 5.41) is 2.78. The Hall–Kier alpha value is -3.10. The Morgan fingerprint density at radius 1 is 1.29 bits per heavy atom. The van der Waals surface area contributed by atoms with E-state index in [1.54, 1.807) is 38.2 Å². The average Bonchev–Trinajstić information content (AvgIpc) is 2.75. The highest BCUT2D eigenvalue weighted by molar-refractivity contribution is 6.05. The number of hydrogen-bond acceptors (Lipinski definition) is 4. The van der Waals surface area contributed by atoms with Crippen molar-refractivity contribution >= 4 is 29.0 Å². The lowest BCUT2D eigenvalue weighted by atomic mass is 10.1. The van der Waals surface area contributed by atoms with E-state index < -0.39 is 11.7 Å². The highest BCUT2D eigenvalue weighted by Crippen LogP contribution is 2.32. The molecule has 1 unspecified atom stereocenters. The molecule has 0 aliphatic carbocycles. The molecular formula is C19H19F3N4O2. The zero-order chi connectivity index (χ0) is 20.5. The molecule has 1 N–H and O–H groups in total. The number of likely N-dealkylation sites (N-methyl/N-ethyl adjacent to an activating group) is 1. The van der Waals surface area contributed by atoms with E-state index in [4.69, 9.17) is 0 Å². The number of amides is 2. The van der Waals surface area contributed by atoms with E-state index in [1.807, 2.05) is 0 Å². The Kier molecular flexibility index (Phi) is 5.26. The summed E-state index contributed by atoms with van der Waals surface area (Å²) < 4.78 is 38.0. The SMILES string of the molecule is CC1CC(=O)Nc2ccccc2N1C(=O)CN(C)c1ccc(C(F)(F)F)cn1. The molecule has 0 saturated heterocycles. The predicted octanol–water partition coefficient (Wildman–Crippen LogP) is 3.30. The number of nitrogens with one attached hydrogen (secondary N) is 1. The number of nitrogens with zero attached hydrogens (tertiary/aromatic N) is 3. The summed E-state index contributed by atoms with van der Waals surface area (Å²) in [7, 11) is 1.57. The van der Waals surface area contributed by atoms with Crippen LogP contribution in [0.15, 0.2) is 42.6 Å². The lowest BCUT2D eigenvalue weighted by molar-refractivity contribution is -0.137. The molecule has 1 aliphatic heterocycles. The number of carbonyl (C=O) groups excluding carboxylic acids is 2. The molecular weight excluding hydrogens is 373 g/mol. The van der Waals surface area contributed by atoms with Gasteiger partial charge in [0, 0.05) is 25.7 Å². The van der Waals surface area contributed by atoms with Crippen LogP contribution in [0.4, 0.5) is 30.4 Å². The van der Waals surface area contributed by atoms with Gasteiger partial charge >= 0.3 is 6.18 Å². The van der Waals surface area contributed by atoms with Gasteiger partial charge in [0.15, 0.2) is 0 Å². The van der Waals surface area contributed by atoms with Crippen LogP contribution in [0.1, 0.15) is 18.9 Å². The van der Waals surface area contributed by atoms with Gasteiger partial charge in [0.25, 0.3) is 0 Å². The molecule has 0 saturated carbocycles. The Morgan fingerprint density at radius 2 is 2.00 bits per heavy atom. The standard InChI is InChI=1S/C19H19F3N4O2/c1-12-9-17(27)24-14-5-3-4-6-15(14)26(12)18(28)11-25(2)16-8-7-13(10-23-16)19(20,21)22/h3-8,10,12H,9,11H2,1-2H3,(H,24,27). The van der Waals surface area contributed by atoms with Crippen molar-refractivity contribution in [1.82, 2.24) is 4.98 Å². The summed E-state index contributed by atoms with van der Waals surface area (Å²) in [6.07, 6.45) is -3.59. The molecule has 6 nitrogen and oxygen atoms in total. The quantitative estimate of drug-likeness (QED) is 0.871. The number of para-hydroxylation sites is 2. The molecule has 28 heavy (non-hydrogen) atoms. The number of benzene rings is 1. The second-order valence-corrected chi connectivity index (χ2v) is 6.64. The van der Waals surface area contributed by atoms with Crippen LogP contribution in [0.5, 0.6) is 0 Å². The number of alkyl halides is 3.